The highest BCUT2D eigenvalue weighted by Crippen LogP contribution is 2.32. The molecule has 1 saturated heterocycles. The number of carbonyl (C=O) groups excluding carboxylic acids is 3. The quantitative estimate of drug-likeness (QED) is 0.520. The Kier molecular flexibility index (Phi) is 7.37. The van der Waals surface area contributed by atoms with Crippen molar-refractivity contribution in [1.82, 2.24) is 4.90 Å². The molecule has 0 radical (unpaired) electrons. The van der Waals surface area contributed by atoms with E-state index in [0.717, 1.165) is 11.8 Å². The maximum atomic E-state index is 13.5. The SMILES string of the molecule is CN1C(=O)c2cc(NC(=O)c3cccc(F)c3)ccc2OC[C@@H]2O[C@H](CC(=O)Nc3ccccc3)CC[C@H]21. The summed E-state index contributed by atoms with van der Waals surface area (Å²) in [6.07, 6.45) is 0.808. The fourth-order valence-corrected chi connectivity index (χ4v) is 4.88. The number of halogens is 1. The van der Waals surface area contributed by atoms with Gasteiger partial charge in [0.15, 0.2) is 0 Å². The molecule has 2 aliphatic rings. The van der Waals surface area contributed by atoms with E-state index in [1.807, 2.05) is 30.3 Å². The zero-order valence-corrected chi connectivity index (χ0v) is 20.9. The summed E-state index contributed by atoms with van der Waals surface area (Å²) in [4.78, 5) is 40.1. The van der Waals surface area contributed by atoms with Gasteiger partial charge in [-0.1, -0.05) is 24.3 Å². The predicted molar refractivity (Wildman–Crippen MR) is 140 cm³/mol. The average molecular weight is 518 g/mol. The molecule has 2 N–H and O–H groups in total. The van der Waals surface area contributed by atoms with E-state index >= 15 is 0 Å². The highest BCUT2D eigenvalue weighted by molar-refractivity contribution is 6.05. The van der Waals surface area contributed by atoms with Crippen LogP contribution in [0.25, 0.3) is 0 Å². The maximum absolute atomic E-state index is 13.5. The third kappa shape index (κ3) is 5.68. The Morgan fingerprint density at radius 1 is 0.974 bits per heavy atom. The molecule has 0 aliphatic carbocycles. The van der Waals surface area contributed by atoms with Crippen molar-refractivity contribution >= 4 is 29.1 Å². The minimum atomic E-state index is -0.510. The summed E-state index contributed by atoms with van der Waals surface area (Å²) < 4.78 is 25.7. The highest BCUT2D eigenvalue weighted by Gasteiger charge is 2.39. The van der Waals surface area contributed by atoms with E-state index in [9.17, 15) is 18.8 Å². The molecule has 9 heteroatoms. The molecule has 3 aromatic rings. The van der Waals surface area contributed by atoms with Crippen LogP contribution in [0.1, 0.15) is 40.0 Å². The van der Waals surface area contributed by atoms with Gasteiger partial charge in [-0.15, -0.1) is 0 Å². The molecule has 0 aromatic heterocycles. The van der Waals surface area contributed by atoms with Gasteiger partial charge in [0.05, 0.1) is 24.1 Å². The van der Waals surface area contributed by atoms with E-state index in [-0.39, 0.29) is 42.6 Å². The van der Waals surface area contributed by atoms with E-state index in [4.69, 9.17) is 9.47 Å². The number of carbonyl (C=O) groups is 3. The Morgan fingerprint density at radius 3 is 2.58 bits per heavy atom. The first kappa shape index (κ1) is 25.4. The summed E-state index contributed by atoms with van der Waals surface area (Å²) in [5, 5.41) is 5.59. The van der Waals surface area contributed by atoms with E-state index in [1.165, 1.54) is 18.2 Å². The Labute approximate surface area is 219 Å². The van der Waals surface area contributed by atoms with Crippen LogP contribution in [0.2, 0.25) is 0 Å². The lowest BCUT2D eigenvalue weighted by atomic mass is 9.94. The third-order valence-corrected chi connectivity index (χ3v) is 6.83. The molecule has 3 aromatic carbocycles. The normalized spacial score (nSPS) is 20.7. The third-order valence-electron chi connectivity index (χ3n) is 6.83. The molecule has 196 valence electrons. The van der Waals surface area contributed by atoms with Crippen molar-refractivity contribution in [2.24, 2.45) is 0 Å². The Balaban J connectivity index is 1.26. The number of hydrogen-bond acceptors (Lipinski definition) is 5. The first-order valence-corrected chi connectivity index (χ1v) is 12.5. The zero-order chi connectivity index (χ0) is 26.6. The van der Waals surface area contributed by atoms with Crippen LogP contribution in [0, 0.1) is 5.82 Å². The second kappa shape index (κ2) is 11.0. The lowest BCUT2D eigenvalue weighted by molar-refractivity contribution is -0.130. The molecule has 0 saturated carbocycles. The standard InChI is InChI=1S/C29H28FN3O5/c1-33-24-12-11-22(16-27(34)31-20-8-3-2-4-9-20)38-26(24)17-37-25-13-10-21(15-23(25)29(33)36)32-28(35)18-6-5-7-19(30)14-18/h2-10,13-15,22,24,26H,11-12,16-17H2,1H3,(H,31,34)(H,32,35)/t22-,24+,26-/m0/s1. The van der Waals surface area contributed by atoms with Crippen molar-refractivity contribution in [3.63, 3.8) is 0 Å². The zero-order valence-electron chi connectivity index (χ0n) is 20.9. The predicted octanol–water partition coefficient (Wildman–Crippen LogP) is 4.49. The first-order valence-electron chi connectivity index (χ1n) is 12.5. The van der Waals surface area contributed by atoms with Gasteiger partial charge >= 0.3 is 0 Å². The van der Waals surface area contributed by atoms with Crippen LogP contribution in [-0.4, -0.2) is 54.5 Å². The number of anilines is 2. The van der Waals surface area contributed by atoms with Crippen LogP contribution in [0.3, 0.4) is 0 Å². The molecule has 0 spiro atoms. The van der Waals surface area contributed by atoms with Crippen LogP contribution in [0.5, 0.6) is 5.75 Å². The molecule has 2 aliphatic heterocycles. The van der Waals surface area contributed by atoms with E-state index in [1.54, 1.807) is 30.1 Å². The van der Waals surface area contributed by atoms with Gasteiger partial charge in [0.2, 0.25) is 5.91 Å². The van der Waals surface area contributed by atoms with Gasteiger partial charge in [0, 0.05) is 24.0 Å². The summed E-state index contributed by atoms with van der Waals surface area (Å²) in [6.45, 7) is 0.209. The molecule has 2 heterocycles. The summed E-state index contributed by atoms with van der Waals surface area (Å²) in [7, 11) is 1.72. The summed E-state index contributed by atoms with van der Waals surface area (Å²) >= 11 is 0. The van der Waals surface area contributed by atoms with E-state index in [2.05, 4.69) is 10.6 Å². The molecule has 0 bridgehead atoms. The molecule has 8 nitrogen and oxygen atoms in total. The Bertz CT molecular complexity index is 1350. The molecule has 5 rings (SSSR count). The minimum Gasteiger partial charge on any atom is -0.490 e. The van der Waals surface area contributed by atoms with Gasteiger partial charge in [0.1, 0.15) is 24.3 Å². The van der Waals surface area contributed by atoms with Gasteiger partial charge in [-0.05, 0) is 61.4 Å². The molecule has 38 heavy (non-hydrogen) atoms. The number of fused-ring (bicyclic) bond motifs is 2. The molecule has 3 amide bonds. The van der Waals surface area contributed by atoms with Gasteiger partial charge in [-0.25, -0.2) is 4.39 Å². The summed E-state index contributed by atoms with van der Waals surface area (Å²) in [6, 6.07) is 19.2. The first-order chi connectivity index (χ1) is 18.4. The smallest absolute Gasteiger partial charge is 0.257 e. The lowest BCUT2D eigenvalue weighted by Crippen LogP contribution is -2.53. The van der Waals surface area contributed by atoms with Crippen molar-refractivity contribution < 1.29 is 28.2 Å². The molecular formula is C29H28FN3O5. The molecule has 1 fully saturated rings. The Hall–Kier alpha value is -4.24. The van der Waals surface area contributed by atoms with Crippen LogP contribution >= 0.6 is 0 Å². The molecule has 0 unspecified atom stereocenters. The van der Waals surface area contributed by atoms with Crippen molar-refractivity contribution in [3.8, 4) is 5.75 Å². The fourth-order valence-electron chi connectivity index (χ4n) is 4.88. The number of ether oxygens (including phenoxy) is 2. The van der Waals surface area contributed by atoms with Crippen LogP contribution in [0.4, 0.5) is 15.8 Å². The number of para-hydroxylation sites is 1. The summed E-state index contributed by atoms with van der Waals surface area (Å²) in [5.74, 6) is -1.02. The summed E-state index contributed by atoms with van der Waals surface area (Å²) in [5.41, 5.74) is 1.61. The van der Waals surface area contributed by atoms with Crippen LogP contribution < -0.4 is 15.4 Å². The average Bonchev–Trinajstić information content (AvgIpc) is 2.91. The second-order valence-corrected chi connectivity index (χ2v) is 9.46. The van der Waals surface area contributed by atoms with Gasteiger partial charge in [-0.3, -0.25) is 14.4 Å². The Morgan fingerprint density at radius 2 is 1.79 bits per heavy atom. The maximum Gasteiger partial charge on any atom is 0.257 e. The number of nitrogens with one attached hydrogen (secondary N) is 2. The topological polar surface area (TPSA) is 97.0 Å². The largest absolute Gasteiger partial charge is 0.490 e. The van der Waals surface area contributed by atoms with Gasteiger partial charge in [0.25, 0.3) is 11.8 Å². The van der Waals surface area contributed by atoms with Crippen LogP contribution in [-0.2, 0) is 9.53 Å². The van der Waals surface area contributed by atoms with Crippen molar-refractivity contribution in [3.05, 3.63) is 89.7 Å². The number of nitrogens with zero attached hydrogens (tertiary/aromatic N) is 1. The number of amides is 3. The molecular weight excluding hydrogens is 489 g/mol. The molecule has 3 atom stereocenters. The number of rotatable bonds is 5. The minimum absolute atomic E-state index is 0.131. The van der Waals surface area contributed by atoms with Crippen molar-refractivity contribution in [2.45, 2.75) is 37.5 Å². The number of likely N-dealkylation sites (N-methyl/N-ethyl adjacent to an activating group) is 1. The van der Waals surface area contributed by atoms with Gasteiger partial charge in [-0.2, -0.15) is 0 Å². The monoisotopic (exact) mass is 517 g/mol. The van der Waals surface area contributed by atoms with Crippen molar-refractivity contribution in [2.75, 3.05) is 24.3 Å². The lowest BCUT2D eigenvalue weighted by Gasteiger charge is -2.42. The highest BCUT2D eigenvalue weighted by atomic mass is 19.1. The second-order valence-electron chi connectivity index (χ2n) is 9.46. The van der Waals surface area contributed by atoms with Crippen molar-refractivity contribution in [1.29, 1.82) is 0 Å². The van der Waals surface area contributed by atoms with E-state index < -0.39 is 17.8 Å². The number of benzene rings is 3. The number of hydrogen-bond donors (Lipinski definition) is 2. The van der Waals surface area contributed by atoms with E-state index in [0.29, 0.717) is 29.8 Å². The fraction of sp³-hybridized carbons (Fsp3) is 0.276. The van der Waals surface area contributed by atoms with Crippen LogP contribution in [0.15, 0.2) is 72.8 Å². The van der Waals surface area contributed by atoms with Gasteiger partial charge < -0.3 is 25.0 Å².